The molecule has 2 aromatic carbocycles. The van der Waals surface area contributed by atoms with Crippen LogP contribution in [0.25, 0.3) is 10.8 Å². The highest BCUT2D eigenvalue weighted by Crippen LogP contribution is 2.32. The van der Waals surface area contributed by atoms with Crippen molar-refractivity contribution < 1.29 is 17.6 Å². The van der Waals surface area contributed by atoms with Crippen LogP contribution in [0.5, 0.6) is 0 Å². The third kappa shape index (κ3) is 2.39. The summed E-state index contributed by atoms with van der Waals surface area (Å²) in [7, 11) is 0. The Kier molecular flexibility index (Phi) is 2.92. The summed E-state index contributed by atoms with van der Waals surface area (Å²) in [4.78, 5) is 0. The number of rotatable bonds is 1. The monoisotopic (exact) mass is 257 g/mol. The summed E-state index contributed by atoms with van der Waals surface area (Å²) < 4.78 is 51.0. The highest BCUT2D eigenvalue weighted by atomic mass is 19.4. The summed E-state index contributed by atoms with van der Waals surface area (Å²) in [6, 6.07) is 5.57. The summed E-state index contributed by atoms with van der Waals surface area (Å²) in [5.41, 5.74) is 6.30. The molecule has 1 nitrogen and oxygen atoms in total. The van der Waals surface area contributed by atoms with Gasteiger partial charge in [-0.15, -0.1) is 0 Å². The van der Waals surface area contributed by atoms with Crippen molar-refractivity contribution in [3.63, 3.8) is 0 Å². The zero-order valence-corrected chi connectivity index (χ0v) is 9.61. The van der Waals surface area contributed by atoms with E-state index in [4.69, 9.17) is 5.73 Å². The molecule has 18 heavy (non-hydrogen) atoms. The molecule has 0 aliphatic heterocycles. The first kappa shape index (κ1) is 12.7. The molecular weight excluding hydrogens is 246 g/mol. The number of nitrogen functional groups attached to an aromatic ring is 1. The van der Waals surface area contributed by atoms with Gasteiger partial charge in [-0.1, -0.05) is 6.07 Å². The molecule has 0 unspecified atom stereocenters. The molecule has 0 spiro atoms. The summed E-state index contributed by atoms with van der Waals surface area (Å²) in [6.45, 7) is 1.62. The van der Waals surface area contributed by atoms with Gasteiger partial charge in [-0.2, -0.15) is 13.2 Å². The number of anilines is 1. The summed E-state index contributed by atoms with van der Waals surface area (Å²) in [6.07, 6.45) is -5.72. The Hall–Kier alpha value is -1.78. The van der Waals surface area contributed by atoms with Crippen LogP contribution in [0.4, 0.5) is 23.2 Å². The minimum absolute atomic E-state index is 0.293. The van der Waals surface area contributed by atoms with Gasteiger partial charge >= 0.3 is 6.18 Å². The molecule has 0 aliphatic rings. The smallest absolute Gasteiger partial charge is 0.393 e. The number of fused-ring (bicyclic) bond motifs is 1. The van der Waals surface area contributed by atoms with E-state index in [1.807, 2.05) is 0 Å². The normalized spacial score (nSPS) is 12.1. The molecule has 0 fully saturated rings. The van der Waals surface area contributed by atoms with E-state index in [0.717, 1.165) is 6.07 Å². The first-order valence-electron chi connectivity index (χ1n) is 5.32. The van der Waals surface area contributed by atoms with E-state index in [1.54, 1.807) is 19.1 Å². The summed E-state index contributed by atoms with van der Waals surface area (Å²) in [5.74, 6) is -0.840. The molecule has 96 valence electrons. The van der Waals surface area contributed by atoms with Gasteiger partial charge in [-0.25, -0.2) is 4.39 Å². The molecule has 0 saturated carbocycles. The van der Waals surface area contributed by atoms with Crippen molar-refractivity contribution in [3.05, 3.63) is 41.2 Å². The van der Waals surface area contributed by atoms with E-state index < -0.39 is 18.4 Å². The van der Waals surface area contributed by atoms with E-state index in [1.165, 1.54) is 6.07 Å². The van der Waals surface area contributed by atoms with Crippen molar-refractivity contribution in [2.45, 2.75) is 19.5 Å². The van der Waals surface area contributed by atoms with Crippen LogP contribution in [-0.2, 0) is 6.42 Å². The first-order valence-corrected chi connectivity index (χ1v) is 5.32. The molecular formula is C13H11F4N. The second kappa shape index (κ2) is 4.15. The van der Waals surface area contributed by atoms with Gasteiger partial charge in [0.05, 0.1) is 6.42 Å². The SMILES string of the molecule is Cc1cc(N)cc2ccc(F)c(CC(F)(F)F)c12. The van der Waals surface area contributed by atoms with E-state index in [-0.39, 0.29) is 5.56 Å². The Balaban J connectivity index is 2.74. The summed E-state index contributed by atoms with van der Waals surface area (Å²) >= 11 is 0. The lowest BCUT2D eigenvalue weighted by molar-refractivity contribution is -0.127. The van der Waals surface area contributed by atoms with Crippen LogP contribution in [0.1, 0.15) is 11.1 Å². The number of alkyl halides is 3. The average molecular weight is 257 g/mol. The molecule has 0 aromatic heterocycles. The minimum Gasteiger partial charge on any atom is -0.399 e. The standard InChI is InChI=1S/C13H11F4N/c1-7-4-9(18)5-8-2-3-11(14)10(12(7)8)6-13(15,16)17/h2-5H,6,18H2,1H3. The van der Waals surface area contributed by atoms with Crippen LogP contribution in [0.2, 0.25) is 0 Å². The summed E-state index contributed by atoms with van der Waals surface area (Å²) in [5, 5.41) is 0.815. The fraction of sp³-hybridized carbons (Fsp3) is 0.231. The van der Waals surface area contributed by atoms with Gasteiger partial charge in [0.2, 0.25) is 0 Å². The van der Waals surface area contributed by atoms with E-state index in [0.29, 0.717) is 22.0 Å². The Morgan fingerprint density at radius 1 is 1.17 bits per heavy atom. The number of benzene rings is 2. The number of aryl methyl sites for hydroxylation is 1. The number of halogens is 4. The van der Waals surface area contributed by atoms with Crippen LogP contribution in [0, 0.1) is 12.7 Å². The second-order valence-corrected chi connectivity index (χ2v) is 4.25. The minimum atomic E-state index is -4.44. The van der Waals surface area contributed by atoms with Crippen LogP contribution in [0.15, 0.2) is 24.3 Å². The van der Waals surface area contributed by atoms with Gasteiger partial charge in [0.15, 0.2) is 0 Å². The molecule has 0 heterocycles. The van der Waals surface area contributed by atoms with Crippen LogP contribution >= 0.6 is 0 Å². The quantitative estimate of drug-likeness (QED) is 0.607. The van der Waals surface area contributed by atoms with Gasteiger partial charge < -0.3 is 5.73 Å². The van der Waals surface area contributed by atoms with Crippen molar-refractivity contribution >= 4 is 16.5 Å². The molecule has 2 N–H and O–H groups in total. The van der Waals surface area contributed by atoms with Crippen molar-refractivity contribution in [2.24, 2.45) is 0 Å². The zero-order chi connectivity index (χ0) is 13.5. The third-order valence-corrected chi connectivity index (χ3v) is 2.76. The van der Waals surface area contributed by atoms with Crippen molar-refractivity contribution in [2.75, 3.05) is 5.73 Å². The Morgan fingerprint density at radius 2 is 1.83 bits per heavy atom. The predicted molar refractivity (Wildman–Crippen MR) is 62.8 cm³/mol. The predicted octanol–water partition coefficient (Wildman–Crippen LogP) is 3.97. The van der Waals surface area contributed by atoms with Crippen LogP contribution in [0.3, 0.4) is 0 Å². The molecule has 0 bridgehead atoms. The van der Waals surface area contributed by atoms with E-state index >= 15 is 0 Å². The van der Waals surface area contributed by atoms with Crippen LogP contribution < -0.4 is 5.73 Å². The third-order valence-electron chi connectivity index (χ3n) is 2.76. The van der Waals surface area contributed by atoms with E-state index in [9.17, 15) is 17.6 Å². The molecule has 0 saturated heterocycles. The molecule has 2 rings (SSSR count). The van der Waals surface area contributed by atoms with Crippen molar-refractivity contribution in [1.29, 1.82) is 0 Å². The van der Waals surface area contributed by atoms with Crippen LogP contribution in [-0.4, -0.2) is 6.18 Å². The maximum Gasteiger partial charge on any atom is 0.393 e. The molecule has 0 amide bonds. The fourth-order valence-corrected chi connectivity index (χ4v) is 2.14. The molecule has 2 aromatic rings. The Morgan fingerprint density at radius 3 is 2.44 bits per heavy atom. The topological polar surface area (TPSA) is 26.0 Å². The van der Waals surface area contributed by atoms with Crippen molar-refractivity contribution in [1.82, 2.24) is 0 Å². The van der Waals surface area contributed by atoms with Gasteiger partial charge in [-0.3, -0.25) is 0 Å². The molecule has 0 atom stereocenters. The first-order chi connectivity index (χ1) is 8.28. The van der Waals surface area contributed by atoms with E-state index in [2.05, 4.69) is 0 Å². The second-order valence-electron chi connectivity index (χ2n) is 4.25. The average Bonchev–Trinajstić information content (AvgIpc) is 2.20. The van der Waals surface area contributed by atoms with Gasteiger partial charge in [-0.05, 0) is 41.5 Å². The maximum atomic E-state index is 13.6. The van der Waals surface area contributed by atoms with Gasteiger partial charge in [0.25, 0.3) is 0 Å². The highest BCUT2D eigenvalue weighted by molar-refractivity contribution is 5.91. The molecule has 0 aliphatic carbocycles. The number of nitrogens with two attached hydrogens (primary N) is 1. The Labute approximate surface area is 101 Å². The lowest BCUT2D eigenvalue weighted by Crippen LogP contribution is -2.13. The lowest BCUT2D eigenvalue weighted by atomic mass is 9.96. The van der Waals surface area contributed by atoms with Gasteiger partial charge in [0, 0.05) is 11.3 Å². The molecule has 0 radical (unpaired) electrons. The zero-order valence-electron chi connectivity index (χ0n) is 9.61. The Bertz CT molecular complexity index is 602. The van der Waals surface area contributed by atoms with Crippen molar-refractivity contribution in [3.8, 4) is 0 Å². The molecule has 5 heteroatoms. The number of hydrogen-bond acceptors (Lipinski definition) is 1. The van der Waals surface area contributed by atoms with Gasteiger partial charge in [0.1, 0.15) is 5.82 Å². The number of hydrogen-bond donors (Lipinski definition) is 1. The largest absolute Gasteiger partial charge is 0.399 e. The fourth-order valence-electron chi connectivity index (χ4n) is 2.14. The lowest BCUT2D eigenvalue weighted by Gasteiger charge is -2.13. The maximum absolute atomic E-state index is 13.6. The highest BCUT2D eigenvalue weighted by Gasteiger charge is 2.30.